The molecule has 1 aliphatic rings. The van der Waals surface area contributed by atoms with Crippen molar-refractivity contribution in [3.63, 3.8) is 0 Å². The summed E-state index contributed by atoms with van der Waals surface area (Å²) in [7, 11) is 0. The predicted octanol–water partition coefficient (Wildman–Crippen LogP) is 3.04. The molecule has 1 N–H and O–H groups in total. The first-order chi connectivity index (χ1) is 9.74. The zero-order chi connectivity index (χ0) is 14.4. The van der Waals surface area contributed by atoms with E-state index in [1.54, 1.807) is 0 Å². The fraction of sp³-hybridized carbons (Fsp3) is 0.867. The Balaban J connectivity index is 1.96. The second-order valence-electron chi connectivity index (χ2n) is 5.59. The summed E-state index contributed by atoms with van der Waals surface area (Å²) >= 11 is 0. The number of hydrogen-bond donors (Lipinski definition) is 1. The molecule has 0 saturated heterocycles. The largest absolute Gasteiger partial charge is 0.393 e. The molecule has 20 heavy (non-hydrogen) atoms. The van der Waals surface area contributed by atoms with Crippen molar-refractivity contribution in [2.75, 3.05) is 6.61 Å². The Morgan fingerprint density at radius 1 is 1.35 bits per heavy atom. The van der Waals surface area contributed by atoms with Gasteiger partial charge in [-0.15, -0.1) is 0 Å². The zero-order valence-corrected chi connectivity index (χ0v) is 12.5. The van der Waals surface area contributed by atoms with Crippen LogP contribution in [-0.4, -0.2) is 28.0 Å². The van der Waals surface area contributed by atoms with Crippen molar-refractivity contribution >= 4 is 0 Å². The van der Waals surface area contributed by atoms with Gasteiger partial charge in [-0.1, -0.05) is 31.3 Å². The second kappa shape index (κ2) is 7.74. The molecule has 0 spiro atoms. The summed E-state index contributed by atoms with van der Waals surface area (Å²) in [6.07, 6.45) is 6.55. The molecule has 1 saturated carbocycles. The highest BCUT2D eigenvalue weighted by atomic mass is 16.5. The first-order valence-corrected chi connectivity index (χ1v) is 7.86. The van der Waals surface area contributed by atoms with Crippen LogP contribution in [-0.2, 0) is 11.2 Å². The molecular weight excluding hydrogens is 256 g/mol. The third kappa shape index (κ3) is 4.03. The van der Waals surface area contributed by atoms with Crippen molar-refractivity contribution in [1.29, 1.82) is 0 Å². The molecule has 5 nitrogen and oxygen atoms in total. The van der Waals surface area contributed by atoms with Gasteiger partial charge in [-0.25, -0.2) is 0 Å². The van der Waals surface area contributed by atoms with E-state index in [1.807, 2.05) is 6.92 Å². The zero-order valence-electron chi connectivity index (χ0n) is 12.5. The van der Waals surface area contributed by atoms with Crippen molar-refractivity contribution in [3.8, 4) is 0 Å². The first kappa shape index (κ1) is 15.4. The Bertz CT molecular complexity index is 388. The molecule has 0 bridgehead atoms. The van der Waals surface area contributed by atoms with Gasteiger partial charge in [0.1, 0.15) is 6.10 Å². The molecule has 0 aromatic carbocycles. The maximum absolute atomic E-state index is 10.0. The lowest BCUT2D eigenvalue weighted by molar-refractivity contribution is 0.0477. The van der Waals surface area contributed by atoms with E-state index in [0.29, 0.717) is 24.7 Å². The fourth-order valence-corrected chi connectivity index (χ4v) is 2.88. The topological polar surface area (TPSA) is 68.4 Å². The molecular formula is C15H26N2O3. The van der Waals surface area contributed by atoms with Crippen LogP contribution in [0.25, 0.3) is 0 Å². The lowest BCUT2D eigenvalue weighted by Crippen LogP contribution is -2.26. The van der Waals surface area contributed by atoms with E-state index in [2.05, 4.69) is 17.1 Å². The lowest BCUT2D eigenvalue weighted by Gasteiger charge is -2.26. The van der Waals surface area contributed by atoms with Gasteiger partial charge in [0.2, 0.25) is 11.7 Å². The molecule has 2 rings (SSSR count). The Labute approximate surface area is 120 Å². The monoisotopic (exact) mass is 282 g/mol. The SMILES string of the molecule is CCCC(OCC)c1noc(CC2CCCCC2O)n1. The minimum Gasteiger partial charge on any atom is -0.393 e. The quantitative estimate of drug-likeness (QED) is 0.832. The van der Waals surface area contributed by atoms with E-state index in [0.717, 1.165) is 32.1 Å². The van der Waals surface area contributed by atoms with E-state index in [-0.39, 0.29) is 18.1 Å². The third-order valence-corrected chi connectivity index (χ3v) is 4.00. The standard InChI is InChI=1S/C15H26N2O3/c1-3-7-13(19-4-2)15-16-14(20-17-15)10-11-8-5-6-9-12(11)18/h11-13,18H,3-10H2,1-2H3. The minimum atomic E-state index is -0.225. The van der Waals surface area contributed by atoms with Crippen molar-refractivity contribution in [2.45, 2.75) is 71.0 Å². The highest BCUT2D eigenvalue weighted by Gasteiger charge is 2.26. The number of aliphatic hydroxyl groups excluding tert-OH is 1. The highest BCUT2D eigenvalue weighted by molar-refractivity contribution is 4.94. The summed E-state index contributed by atoms with van der Waals surface area (Å²) in [5.74, 6) is 1.54. The van der Waals surface area contributed by atoms with Crippen LogP contribution in [0.15, 0.2) is 4.52 Å². The molecule has 0 amide bonds. The van der Waals surface area contributed by atoms with Crippen LogP contribution in [0.5, 0.6) is 0 Å². The normalized spacial score (nSPS) is 24.8. The molecule has 5 heteroatoms. The van der Waals surface area contributed by atoms with Gasteiger partial charge < -0.3 is 14.4 Å². The van der Waals surface area contributed by atoms with E-state index < -0.39 is 0 Å². The number of aromatic nitrogens is 2. The molecule has 3 atom stereocenters. The molecule has 0 aliphatic heterocycles. The summed E-state index contributed by atoms with van der Waals surface area (Å²) in [5, 5.41) is 14.1. The average molecular weight is 282 g/mol. The second-order valence-corrected chi connectivity index (χ2v) is 5.59. The maximum atomic E-state index is 10.0. The van der Waals surface area contributed by atoms with Crippen LogP contribution < -0.4 is 0 Å². The fourth-order valence-electron chi connectivity index (χ4n) is 2.88. The van der Waals surface area contributed by atoms with Gasteiger partial charge in [-0.05, 0) is 32.1 Å². The van der Waals surface area contributed by atoms with Crippen LogP contribution in [0, 0.1) is 5.92 Å². The number of nitrogens with zero attached hydrogens (tertiary/aromatic N) is 2. The number of ether oxygens (including phenoxy) is 1. The van der Waals surface area contributed by atoms with Gasteiger partial charge in [0.05, 0.1) is 6.10 Å². The van der Waals surface area contributed by atoms with Crippen molar-refractivity contribution in [2.24, 2.45) is 5.92 Å². The van der Waals surface area contributed by atoms with E-state index in [9.17, 15) is 5.11 Å². The van der Waals surface area contributed by atoms with Gasteiger partial charge in [0, 0.05) is 13.0 Å². The number of hydrogen-bond acceptors (Lipinski definition) is 5. The van der Waals surface area contributed by atoms with Crippen LogP contribution >= 0.6 is 0 Å². The van der Waals surface area contributed by atoms with E-state index in [4.69, 9.17) is 9.26 Å². The van der Waals surface area contributed by atoms with Gasteiger partial charge >= 0.3 is 0 Å². The van der Waals surface area contributed by atoms with Crippen molar-refractivity contribution < 1.29 is 14.4 Å². The Morgan fingerprint density at radius 3 is 2.85 bits per heavy atom. The smallest absolute Gasteiger partial charge is 0.227 e. The van der Waals surface area contributed by atoms with Gasteiger partial charge in [-0.3, -0.25) is 0 Å². The van der Waals surface area contributed by atoms with Crippen LogP contribution in [0.2, 0.25) is 0 Å². The summed E-state index contributed by atoms with van der Waals surface area (Å²) in [4.78, 5) is 4.46. The molecule has 1 aromatic heterocycles. The molecule has 1 aromatic rings. The summed E-state index contributed by atoms with van der Waals surface area (Å²) < 4.78 is 11.0. The Hall–Kier alpha value is -0.940. The number of aliphatic hydroxyl groups is 1. The Morgan fingerprint density at radius 2 is 2.15 bits per heavy atom. The average Bonchev–Trinajstić information content (AvgIpc) is 2.90. The van der Waals surface area contributed by atoms with Crippen molar-refractivity contribution in [1.82, 2.24) is 10.1 Å². The van der Waals surface area contributed by atoms with E-state index in [1.165, 1.54) is 6.42 Å². The minimum absolute atomic E-state index is 0.0706. The number of rotatable bonds is 7. The van der Waals surface area contributed by atoms with Crippen LogP contribution in [0.4, 0.5) is 0 Å². The van der Waals surface area contributed by atoms with Gasteiger partial charge in [0.25, 0.3) is 0 Å². The maximum Gasteiger partial charge on any atom is 0.227 e. The molecule has 1 fully saturated rings. The highest BCUT2D eigenvalue weighted by Crippen LogP contribution is 2.28. The Kier molecular flexibility index (Phi) is 5.98. The van der Waals surface area contributed by atoms with Crippen LogP contribution in [0.1, 0.15) is 70.2 Å². The van der Waals surface area contributed by atoms with Crippen molar-refractivity contribution in [3.05, 3.63) is 11.7 Å². The first-order valence-electron chi connectivity index (χ1n) is 7.86. The lowest BCUT2D eigenvalue weighted by atomic mass is 9.84. The molecule has 1 aliphatic carbocycles. The third-order valence-electron chi connectivity index (χ3n) is 4.00. The summed E-state index contributed by atoms with van der Waals surface area (Å²) in [6.45, 7) is 4.74. The molecule has 3 unspecified atom stereocenters. The van der Waals surface area contributed by atoms with Gasteiger partial charge in [-0.2, -0.15) is 4.98 Å². The summed E-state index contributed by atoms with van der Waals surface area (Å²) in [5.41, 5.74) is 0. The predicted molar refractivity (Wildman–Crippen MR) is 75.2 cm³/mol. The molecule has 114 valence electrons. The molecule has 1 heterocycles. The van der Waals surface area contributed by atoms with Crippen LogP contribution in [0.3, 0.4) is 0 Å². The van der Waals surface area contributed by atoms with E-state index >= 15 is 0 Å². The summed E-state index contributed by atoms with van der Waals surface area (Å²) in [6, 6.07) is 0. The molecule has 0 radical (unpaired) electrons. The van der Waals surface area contributed by atoms with Gasteiger partial charge in [0.15, 0.2) is 0 Å².